The molecule has 150 valence electrons. The largest absolute Gasteiger partial charge is 0.368 e. The molecule has 0 atom stereocenters. The number of amides is 2. The van der Waals surface area contributed by atoms with Crippen LogP contribution in [0.15, 0.2) is 60.3 Å². The molecule has 6 heteroatoms. The molecule has 0 spiro atoms. The Kier molecular flexibility index (Phi) is 5.34. The number of para-hydroxylation sites is 1. The van der Waals surface area contributed by atoms with Crippen LogP contribution in [0.5, 0.6) is 0 Å². The molecule has 2 aliphatic heterocycles. The molecule has 2 heterocycles. The molecule has 1 saturated heterocycles. The SMILES string of the molecule is CCCN1C(=O)C(c2ccc(F)cc2)=C(N2CCN(c3ccccc3)CC2)C1=O. The zero-order valence-electron chi connectivity index (χ0n) is 16.5. The van der Waals surface area contributed by atoms with E-state index in [2.05, 4.69) is 17.0 Å². The second-order valence-electron chi connectivity index (χ2n) is 7.30. The van der Waals surface area contributed by atoms with Crippen molar-refractivity contribution in [3.8, 4) is 0 Å². The number of nitrogens with zero attached hydrogens (tertiary/aromatic N) is 3. The fourth-order valence-corrected chi connectivity index (χ4v) is 3.99. The number of halogens is 1. The Morgan fingerprint density at radius 1 is 0.828 bits per heavy atom. The van der Waals surface area contributed by atoms with Crippen LogP contribution in [0.4, 0.5) is 10.1 Å². The van der Waals surface area contributed by atoms with Crippen molar-refractivity contribution < 1.29 is 14.0 Å². The third-order valence-corrected chi connectivity index (χ3v) is 5.44. The smallest absolute Gasteiger partial charge is 0.277 e. The van der Waals surface area contributed by atoms with E-state index in [0.29, 0.717) is 42.9 Å². The van der Waals surface area contributed by atoms with Gasteiger partial charge in [0.2, 0.25) is 0 Å². The molecule has 2 aliphatic rings. The summed E-state index contributed by atoms with van der Waals surface area (Å²) in [6, 6.07) is 16.0. The minimum absolute atomic E-state index is 0.246. The Hall–Kier alpha value is -3.15. The molecule has 0 saturated carbocycles. The Balaban J connectivity index is 1.64. The summed E-state index contributed by atoms with van der Waals surface area (Å²) in [5, 5.41) is 0. The predicted octanol–water partition coefficient (Wildman–Crippen LogP) is 3.14. The van der Waals surface area contributed by atoms with Crippen LogP contribution in [0.2, 0.25) is 0 Å². The second kappa shape index (κ2) is 8.07. The van der Waals surface area contributed by atoms with Gasteiger partial charge in [0.1, 0.15) is 11.5 Å². The first-order valence-electron chi connectivity index (χ1n) is 10.0. The molecular weight excluding hydrogens is 369 g/mol. The highest BCUT2D eigenvalue weighted by Gasteiger charge is 2.41. The van der Waals surface area contributed by atoms with Crippen molar-refractivity contribution >= 4 is 23.1 Å². The third kappa shape index (κ3) is 3.62. The summed E-state index contributed by atoms with van der Waals surface area (Å²) in [5.74, 6) is -0.900. The number of imide groups is 1. The number of rotatable bonds is 5. The molecule has 5 nitrogen and oxygen atoms in total. The number of carbonyl (C=O) groups is 2. The lowest BCUT2D eigenvalue weighted by molar-refractivity contribution is -0.137. The first-order valence-corrected chi connectivity index (χ1v) is 10.0. The molecule has 0 bridgehead atoms. The quantitative estimate of drug-likeness (QED) is 0.732. The van der Waals surface area contributed by atoms with Crippen molar-refractivity contribution in [2.24, 2.45) is 0 Å². The van der Waals surface area contributed by atoms with Crippen LogP contribution in [-0.4, -0.2) is 54.3 Å². The van der Waals surface area contributed by atoms with Crippen LogP contribution in [0.3, 0.4) is 0 Å². The van der Waals surface area contributed by atoms with Crippen LogP contribution >= 0.6 is 0 Å². The minimum Gasteiger partial charge on any atom is -0.368 e. The minimum atomic E-state index is -0.366. The van der Waals surface area contributed by atoms with Gasteiger partial charge in [-0.1, -0.05) is 37.3 Å². The fourth-order valence-electron chi connectivity index (χ4n) is 3.99. The topological polar surface area (TPSA) is 43.9 Å². The molecule has 0 N–H and O–H groups in total. The zero-order valence-corrected chi connectivity index (χ0v) is 16.5. The molecular formula is C23H24FN3O2. The van der Waals surface area contributed by atoms with Gasteiger partial charge in [-0.2, -0.15) is 0 Å². The molecule has 2 aromatic carbocycles. The van der Waals surface area contributed by atoms with Gasteiger partial charge >= 0.3 is 0 Å². The summed E-state index contributed by atoms with van der Waals surface area (Å²) >= 11 is 0. The third-order valence-electron chi connectivity index (χ3n) is 5.44. The lowest BCUT2D eigenvalue weighted by Crippen LogP contribution is -2.47. The number of hydrogen-bond acceptors (Lipinski definition) is 4. The van der Waals surface area contributed by atoms with Gasteiger partial charge in [0.25, 0.3) is 11.8 Å². The van der Waals surface area contributed by atoms with Crippen molar-refractivity contribution in [3.63, 3.8) is 0 Å². The normalized spacial score (nSPS) is 17.5. The monoisotopic (exact) mass is 393 g/mol. The molecule has 0 radical (unpaired) electrons. The molecule has 2 amide bonds. The van der Waals surface area contributed by atoms with Crippen molar-refractivity contribution in [3.05, 3.63) is 71.7 Å². The van der Waals surface area contributed by atoms with Gasteiger partial charge in [-0.05, 0) is 36.2 Å². The zero-order chi connectivity index (χ0) is 20.4. The van der Waals surface area contributed by atoms with Gasteiger partial charge in [-0.3, -0.25) is 14.5 Å². The summed E-state index contributed by atoms with van der Waals surface area (Å²) < 4.78 is 13.4. The maximum absolute atomic E-state index is 13.4. The molecule has 0 aromatic heterocycles. The van der Waals surface area contributed by atoms with E-state index in [1.165, 1.54) is 17.0 Å². The standard InChI is InChI=1S/C23H24FN3O2/c1-2-12-27-22(28)20(17-8-10-18(24)11-9-17)21(23(27)29)26-15-13-25(14-16-26)19-6-4-3-5-7-19/h3-11H,2,12-16H2,1H3. The van der Waals surface area contributed by atoms with Crippen molar-refractivity contribution in [2.45, 2.75) is 13.3 Å². The highest BCUT2D eigenvalue weighted by Crippen LogP contribution is 2.32. The van der Waals surface area contributed by atoms with E-state index in [1.807, 2.05) is 30.0 Å². The van der Waals surface area contributed by atoms with Gasteiger partial charge in [0.15, 0.2) is 0 Å². The van der Waals surface area contributed by atoms with Crippen LogP contribution < -0.4 is 4.90 Å². The number of benzene rings is 2. The number of anilines is 1. The highest BCUT2D eigenvalue weighted by atomic mass is 19.1. The average Bonchev–Trinajstić information content (AvgIpc) is 3.00. The van der Waals surface area contributed by atoms with Crippen molar-refractivity contribution in [1.82, 2.24) is 9.80 Å². The summed E-state index contributed by atoms with van der Waals surface area (Å²) in [4.78, 5) is 31.8. The summed E-state index contributed by atoms with van der Waals surface area (Å²) in [6.07, 6.45) is 0.698. The molecule has 4 rings (SSSR count). The van der Waals surface area contributed by atoms with Crippen LogP contribution in [0, 0.1) is 5.82 Å². The van der Waals surface area contributed by atoms with Gasteiger partial charge in [0.05, 0.1) is 5.57 Å². The van der Waals surface area contributed by atoms with Crippen molar-refractivity contribution in [2.75, 3.05) is 37.6 Å². The van der Waals surface area contributed by atoms with E-state index < -0.39 is 0 Å². The fraction of sp³-hybridized carbons (Fsp3) is 0.304. The summed E-state index contributed by atoms with van der Waals surface area (Å²) in [5.41, 5.74) is 2.57. The van der Waals surface area contributed by atoms with Gasteiger partial charge in [-0.25, -0.2) is 4.39 Å². The Bertz CT molecular complexity index is 932. The van der Waals surface area contributed by atoms with Crippen LogP contribution in [0.1, 0.15) is 18.9 Å². The van der Waals surface area contributed by atoms with Crippen LogP contribution in [0.25, 0.3) is 5.57 Å². The first kappa shape index (κ1) is 19.2. The highest BCUT2D eigenvalue weighted by molar-refractivity contribution is 6.35. The number of hydrogen-bond donors (Lipinski definition) is 0. The molecule has 0 aliphatic carbocycles. The molecule has 0 unspecified atom stereocenters. The lowest BCUT2D eigenvalue weighted by atomic mass is 10.0. The maximum Gasteiger partial charge on any atom is 0.277 e. The van der Waals surface area contributed by atoms with Gasteiger partial charge in [-0.15, -0.1) is 0 Å². The summed E-state index contributed by atoms with van der Waals surface area (Å²) in [6.45, 7) is 5.14. The first-order chi connectivity index (χ1) is 14.1. The maximum atomic E-state index is 13.4. The Labute approximate surface area is 170 Å². The molecule has 29 heavy (non-hydrogen) atoms. The Morgan fingerprint density at radius 3 is 2.07 bits per heavy atom. The van der Waals surface area contributed by atoms with Gasteiger partial charge < -0.3 is 9.80 Å². The van der Waals surface area contributed by atoms with Gasteiger partial charge in [0, 0.05) is 38.4 Å². The van der Waals surface area contributed by atoms with E-state index in [0.717, 1.165) is 18.8 Å². The lowest BCUT2D eigenvalue weighted by Gasteiger charge is -2.37. The van der Waals surface area contributed by atoms with E-state index in [4.69, 9.17) is 0 Å². The van der Waals surface area contributed by atoms with E-state index in [1.54, 1.807) is 12.1 Å². The number of carbonyl (C=O) groups excluding carboxylic acids is 2. The second-order valence-corrected chi connectivity index (χ2v) is 7.30. The average molecular weight is 393 g/mol. The number of piperazine rings is 1. The van der Waals surface area contributed by atoms with E-state index in [-0.39, 0.29) is 17.6 Å². The van der Waals surface area contributed by atoms with E-state index in [9.17, 15) is 14.0 Å². The Morgan fingerprint density at radius 2 is 1.45 bits per heavy atom. The predicted molar refractivity (Wildman–Crippen MR) is 111 cm³/mol. The van der Waals surface area contributed by atoms with Crippen molar-refractivity contribution in [1.29, 1.82) is 0 Å². The molecule has 1 fully saturated rings. The molecule has 2 aromatic rings. The van der Waals surface area contributed by atoms with E-state index >= 15 is 0 Å². The van der Waals surface area contributed by atoms with Crippen LogP contribution in [-0.2, 0) is 9.59 Å². The summed E-state index contributed by atoms with van der Waals surface area (Å²) in [7, 11) is 0.